The molecular formula is C17H15ClN2O3S. The summed E-state index contributed by atoms with van der Waals surface area (Å²) in [5.41, 5.74) is 1.39. The van der Waals surface area contributed by atoms with E-state index >= 15 is 0 Å². The third-order valence-electron chi connectivity index (χ3n) is 3.75. The van der Waals surface area contributed by atoms with Crippen LogP contribution in [0.3, 0.4) is 0 Å². The molecule has 0 aliphatic heterocycles. The van der Waals surface area contributed by atoms with Crippen molar-refractivity contribution in [3.8, 4) is 0 Å². The predicted molar refractivity (Wildman–Crippen MR) is 96.3 cm³/mol. The Labute approximate surface area is 144 Å². The average molecular weight is 363 g/mol. The number of para-hydroxylation sites is 1. The second kappa shape index (κ2) is 5.96. The van der Waals surface area contributed by atoms with Crippen molar-refractivity contribution in [3.63, 3.8) is 0 Å². The van der Waals surface area contributed by atoms with E-state index in [-0.39, 0.29) is 10.6 Å². The van der Waals surface area contributed by atoms with Crippen LogP contribution in [0, 0.1) is 13.8 Å². The van der Waals surface area contributed by atoms with Crippen LogP contribution >= 0.6 is 11.6 Å². The van der Waals surface area contributed by atoms with Gasteiger partial charge in [-0.05, 0) is 43.7 Å². The largest absolute Gasteiger partial charge is 0.357 e. The van der Waals surface area contributed by atoms with Crippen LogP contribution in [0.1, 0.15) is 11.3 Å². The quantitative estimate of drug-likeness (QED) is 0.747. The molecule has 0 spiro atoms. The van der Waals surface area contributed by atoms with Crippen LogP contribution in [0.4, 0.5) is 5.69 Å². The minimum atomic E-state index is -4.06. The number of halogens is 1. The molecule has 3 rings (SSSR count). The number of nitrogens with one attached hydrogen (secondary N) is 2. The number of aryl methyl sites for hydroxylation is 2. The molecule has 124 valence electrons. The van der Waals surface area contributed by atoms with Crippen LogP contribution in [-0.2, 0) is 10.0 Å². The van der Waals surface area contributed by atoms with Gasteiger partial charge in [-0.1, -0.05) is 29.8 Å². The molecule has 5 nitrogen and oxygen atoms in total. The highest BCUT2D eigenvalue weighted by molar-refractivity contribution is 7.92. The Bertz CT molecular complexity index is 1100. The lowest BCUT2D eigenvalue weighted by Crippen LogP contribution is -2.24. The van der Waals surface area contributed by atoms with Gasteiger partial charge in [0.15, 0.2) is 4.90 Å². The third kappa shape index (κ3) is 2.90. The minimum absolute atomic E-state index is 0.283. The number of aromatic amines is 1. The minimum Gasteiger partial charge on any atom is -0.357 e. The maximum Gasteiger partial charge on any atom is 0.267 e. The van der Waals surface area contributed by atoms with E-state index in [2.05, 4.69) is 9.71 Å². The number of H-pyrrole nitrogens is 1. The van der Waals surface area contributed by atoms with Crippen LogP contribution in [0.5, 0.6) is 0 Å². The number of aromatic nitrogens is 1. The smallest absolute Gasteiger partial charge is 0.267 e. The van der Waals surface area contributed by atoms with Gasteiger partial charge in [-0.3, -0.25) is 9.52 Å². The van der Waals surface area contributed by atoms with E-state index < -0.39 is 15.5 Å². The molecule has 24 heavy (non-hydrogen) atoms. The molecule has 0 fully saturated rings. The summed E-state index contributed by atoms with van der Waals surface area (Å²) in [6.07, 6.45) is 0. The number of anilines is 1. The summed E-state index contributed by atoms with van der Waals surface area (Å²) >= 11 is 5.93. The van der Waals surface area contributed by atoms with Gasteiger partial charge in [0.1, 0.15) is 0 Å². The van der Waals surface area contributed by atoms with Crippen molar-refractivity contribution in [2.24, 2.45) is 0 Å². The summed E-state index contributed by atoms with van der Waals surface area (Å²) in [5, 5.41) is 0.730. The lowest BCUT2D eigenvalue weighted by molar-refractivity contribution is 0.599. The van der Waals surface area contributed by atoms with Gasteiger partial charge in [0.2, 0.25) is 5.43 Å². The first-order chi connectivity index (χ1) is 11.3. The zero-order valence-electron chi connectivity index (χ0n) is 13.1. The van der Waals surface area contributed by atoms with E-state index in [1.165, 1.54) is 6.07 Å². The Morgan fingerprint density at radius 1 is 1.08 bits per heavy atom. The predicted octanol–water partition coefficient (Wildman–Crippen LogP) is 3.60. The molecule has 0 atom stereocenters. The van der Waals surface area contributed by atoms with E-state index in [0.29, 0.717) is 27.2 Å². The molecule has 0 amide bonds. The summed E-state index contributed by atoms with van der Waals surface area (Å²) in [7, 11) is -4.06. The first-order valence-electron chi connectivity index (χ1n) is 7.20. The summed E-state index contributed by atoms with van der Waals surface area (Å²) in [5.74, 6) is 0. The number of sulfonamides is 1. The van der Waals surface area contributed by atoms with Crippen molar-refractivity contribution in [1.82, 2.24) is 4.98 Å². The van der Waals surface area contributed by atoms with Gasteiger partial charge in [-0.25, -0.2) is 8.42 Å². The van der Waals surface area contributed by atoms with Gasteiger partial charge in [0, 0.05) is 21.6 Å². The summed E-state index contributed by atoms with van der Waals surface area (Å²) in [6, 6.07) is 11.7. The van der Waals surface area contributed by atoms with Crippen molar-refractivity contribution in [3.05, 3.63) is 69.0 Å². The fourth-order valence-electron chi connectivity index (χ4n) is 2.57. The molecule has 3 aromatic rings. The molecule has 0 bridgehead atoms. The first kappa shape index (κ1) is 16.5. The number of hydrogen-bond acceptors (Lipinski definition) is 3. The normalized spacial score (nSPS) is 11.6. The third-order valence-corrected chi connectivity index (χ3v) is 5.51. The van der Waals surface area contributed by atoms with E-state index in [0.717, 1.165) is 0 Å². The first-order valence-corrected chi connectivity index (χ1v) is 9.06. The Kier molecular flexibility index (Phi) is 4.11. The second-order valence-corrected chi connectivity index (χ2v) is 7.57. The molecule has 0 saturated heterocycles. The summed E-state index contributed by atoms with van der Waals surface area (Å²) < 4.78 is 28.0. The Hall–Kier alpha value is -2.31. The number of fused-ring (bicyclic) bond motifs is 1. The molecule has 7 heteroatoms. The number of rotatable bonds is 3. The number of pyridine rings is 1. The van der Waals surface area contributed by atoms with Gasteiger partial charge < -0.3 is 4.98 Å². The molecule has 0 saturated carbocycles. The van der Waals surface area contributed by atoms with Gasteiger partial charge in [0.05, 0.1) is 5.69 Å². The maximum atomic E-state index is 12.8. The molecule has 0 unspecified atom stereocenters. The van der Waals surface area contributed by atoms with Crippen LogP contribution < -0.4 is 10.2 Å². The molecular weight excluding hydrogens is 348 g/mol. The fraction of sp³-hybridized carbons (Fsp3) is 0.118. The Morgan fingerprint density at radius 3 is 2.54 bits per heavy atom. The molecule has 0 aliphatic carbocycles. The summed E-state index contributed by atoms with van der Waals surface area (Å²) in [4.78, 5) is 15.4. The van der Waals surface area contributed by atoms with E-state index in [9.17, 15) is 13.2 Å². The molecule has 0 radical (unpaired) electrons. The van der Waals surface area contributed by atoms with E-state index in [4.69, 9.17) is 11.6 Å². The van der Waals surface area contributed by atoms with Crippen molar-refractivity contribution in [1.29, 1.82) is 0 Å². The van der Waals surface area contributed by atoms with Crippen molar-refractivity contribution < 1.29 is 8.42 Å². The van der Waals surface area contributed by atoms with Gasteiger partial charge in [-0.2, -0.15) is 0 Å². The maximum absolute atomic E-state index is 12.8. The zero-order valence-corrected chi connectivity index (χ0v) is 14.6. The molecule has 1 heterocycles. The highest BCUT2D eigenvalue weighted by Gasteiger charge is 2.23. The van der Waals surface area contributed by atoms with E-state index in [1.807, 2.05) is 0 Å². The molecule has 0 aliphatic rings. The lowest BCUT2D eigenvalue weighted by atomic mass is 10.2. The molecule has 1 aromatic heterocycles. The molecule has 2 N–H and O–H groups in total. The van der Waals surface area contributed by atoms with Crippen LogP contribution in [0.2, 0.25) is 5.02 Å². The van der Waals surface area contributed by atoms with Gasteiger partial charge >= 0.3 is 0 Å². The van der Waals surface area contributed by atoms with Gasteiger partial charge in [0.25, 0.3) is 10.0 Å². The summed E-state index contributed by atoms with van der Waals surface area (Å²) in [6.45, 7) is 3.32. The standard InChI is InChI=1S/C17H15ClN2O3S/c1-10-7-8-12(18)9-15(10)20-24(22,23)17-11(2)19-14-6-4-3-5-13(14)16(17)21/h3-9,20H,1-2H3,(H,19,21). The fourth-order valence-corrected chi connectivity index (χ4v) is 4.16. The van der Waals surface area contributed by atoms with E-state index in [1.54, 1.807) is 50.2 Å². The number of benzene rings is 2. The van der Waals surface area contributed by atoms with Crippen molar-refractivity contribution in [2.45, 2.75) is 18.7 Å². The van der Waals surface area contributed by atoms with Crippen LogP contribution in [0.25, 0.3) is 10.9 Å². The van der Waals surface area contributed by atoms with Crippen LogP contribution in [-0.4, -0.2) is 13.4 Å². The van der Waals surface area contributed by atoms with Crippen molar-refractivity contribution in [2.75, 3.05) is 4.72 Å². The van der Waals surface area contributed by atoms with Gasteiger partial charge in [-0.15, -0.1) is 0 Å². The number of hydrogen-bond donors (Lipinski definition) is 2. The SMILES string of the molecule is Cc1ccc(Cl)cc1NS(=O)(=O)c1c(C)[nH]c2ccccc2c1=O. The average Bonchev–Trinajstić information content (AvgIpc) is 2.50. The Morgan fingerprint density at radius 2 is 1.79 bits per heavy atom. The van der Waals surface area contributed by atoms with Crippen molar-refractivity contribution >= 4 is 38.2 Å². The lowest BCUT2D eigenvalue weighted by Gasteiger charge is -2.13. The van der Waals surface area contributed by atoms with Crippen LogP contribution in [0.15, 0.2) is 52.2 Å². The zero-order chi connectivity index (χ0) is 17.5. The molecule has 2 aromatic carbocycles. The topological polar surface area (TPSA) is 79.0 Å². The monoisotopic (exact) mass is 362 g/mol. The Balaban J connectivity index is 2.19. The highest BCUT2D eigenvalue weighted by Crippen LogP contribution is 2.24. The highest BCUT2D eigenvalue weighted by atomic mass is 35.5. The second-order valence-electron chi connectivity index (χ2n) is 5.52.